The minimum absolute atomic E-state index is 0.0633. The van der Waals surface area contributed by atoms with E-state index in [4.69, 9.17) is 9.26 Å². The van der Waals surface area contributed by atoms with Crippen LogP contribution in [0.2, 0.25) is 0 Å². The monoisotopic (exact) mass is 331 g/mol. The number of aryl methyl sites for hydroxylation is 2. The fourth-order valence-corrected chi connectivity index (χ4v) is 3.36. The Morgan fingerprint density at radius 2 is 2.17 bits per heavy atom. The summed E-state index contributed by atoms with van der Waals surface area (Å²) >= 11 is 0. The third-order valence-corrected chi connectivity index (χ3v) is 4.59. The van der Waals surface area contributed by atoms with Gasteiger partial charge < -0.3 is 14.6 Å². The Bertz CT molecular complexity index is 737. The third-order valence-electron chi connectivity index (χ3n) is 4.59. The van der Waals surface area contributed by atoms with Crippen molar-refractivity contribution in [2.24, 2.45) is 0 Å². The third kappa shape index (κ3) is 3.12. The summed E-state index contributed by atoms with van der Waals surface area (Å²) in [4.78, 5) is 11.2. The number of nitro groups is 1. The molecule has 7 heteroatoms. The molecule has 0 spiro atoms. The summed E-state index contributed by atoms with van der Waals surface area (Å²) in [5.74, 6) is 0.654. The molecule has 0 bridgehead atoms. The lowest BCUT2D eigenvalue weighted by atomic mass is 10.0. The molecule has 1 N–H and O–H groups in total. The van der Waals surface area contributed by atoms with Gasteiger partial charge in [-0.3, -0.25) is 10.1 Å². The number of anilines is 1. The van der Waals surface area contributed by atoms with Gasteiger partial charge in [0.05, 0.1) is 16.7 Å². The number of hydrogen-bond acceptors (Lipinski definition) is 6. The quantitative estimate of drug-likeness (QED) is 0.661. The number of ether oxygens (including phenoxy) is 1. The van der Waals surface area contributed by atoms with Crippen molar-refractivity contribution in [2.75, 3.05) is 12.4 Å². The number of nitrogens with zero attached hydrogens (tertiary/aromatic N) is 2. The fraction of sp³-hybridized carbons (Fsp3) is 0.471. The Hall–Kier alpha value is -2.41. The van der Waals surface area contributed by atoms with Gasteiger partial charge in [-0.05, 0) is 44.7 Å². The zero-order chi connectivity index (χ0) is 17.3. The lowest BCUT2D eigenvalue weighted by Gasteiger charge is -2.15. The molecule has 0 aliphatic heterocycles. The molecule has 0 unspecified atom stereocenters. The van der Waals surface area contributed by atoms with E-state index in [-0.39, 0.29) is 22.8 Å². The maximum absolute atomic E-state index is 11.5. The summed E-state index contributed by atoms with van der Waals surface area (Å²) in [5, 5.41) is 18.7. The summed E-state index contributed by atoms with van der Waals surface area (Å²) in [6.45, 7) is 3.63. The Morgan fingerprint density at radius 1 is 1.38 bits per heavy atom. The van der Waals surface area contributed by atoms with Crippen LogP contribution in [0.25, 0.3) is 11.1 Å². The predicted octanol–water partition coefficient (Wildman–Crippen LogP) is 3.85. The molecule has 1 saturated carbocycles. The van der Waals surface area contributed by atoms with Crippen LogP contribution in [0.5, 0.6) is 0 Å². The zero-order valence-electron chi connectivity index (χ0n) is 14.0. The number of rotatable bonds is 5. The first kappa shape index (κ1) is 16.4. The van der Waals surface area contributed by atoms with Crippen LogP contribution in [0.1, 0.15) is 30.7 Å². The number of nitro benzene ring substituents is 1. The predicted molar refractivity (Wildman–Crippen MR) is 90.1 cm³/mol. The van der Waals surface area contributed by atoms with Crippen molar-refractivity contribution in [1.82, 2.24) is 5.16 Å². The molecule has 128 valence electrons. The lowest BCUT2D eigenvalue weighted by Crippen LogP contribution is -2.18. The highest BCUT2D eigenvalue weighted by molar-refractivity contribution is 5.75. The minimum Gasteiger partial charge on any atom is -0.381 e. The van der Waals surface area contributed by atoms with E-state index in [9.17, 15) is 10.1 Å². The van der Waals surface area contributed by atoms with Gasteiger partial charge in [-0.1, -0.05) is 11.2 Å². The highest BCUT2D eigenvalue weighted by Crippen LogP contribution is 2.35. The van der Waals surface area contributed by atoms with Crippen molar-refractivity contribution in [3.63, 3.8) is 0 Å². The van der Waals surface area contributed by atoms with Gasteiger partial charge in [0.15, 0.2) is 0 Å². The SMILES string of the molecule is CO[C@@H]1CC[C@@H](Nc2ccc(-c3c(C)noc3C)cc2[N+](=O)[O-])C1. The molecule has 24 heavy (non-hydrogen) atoms. The largest absolute Gasteiger partial charge is 0.381 e. The van der Waals surface area contributed by atoms with Crippen molar-refractivity contribution >= 4 is 11.4 Å². The topological polar surface area (TPSA) is 90.4 Å². The second kappa shape index (κ2) is 6.60. The van der Waals surface area contributed by atoms with Gasteiger partial charge in [-0.25, -0.2) is 0 Å². The first-order valence-electron chi connectivity index (χ1n) is 8.00. The van der Waals surface area contributed by atoms with E-state index in [2.05, 4.69) is 10.5 Å². The first-order valence-corrected chi connectivity index (χ1v) is 8.00. The highest BCUT2D eigenvalue weighted by Gasteiger charge is 2.27. The molecule has 1 aromatic heterocycles. The van der Waals surface area contributed by atoms with Crippen molar-refractivity contribution in [3.05, 3.63) is 39.8 Å². The molecular weight excluding hydrogens is 310 g/mol. The van der Waals surface area contributed by atoms with E-state index in [0.29, 0.717) is 11.4 Å². The van der Waals surface area contributed by atoms with Gasteiger partial charge in [0.2, 0.25) is 0 Å². The molecule has 1 fully saturated rings. The highest BCUT2D eigenvalue weighted by atomic mass is 16.6. The van der Waals surface area contributed by atoms with E-state index in [0.717, 1.165) is 36.1 Å². The summed E-state index contributed by atoms with van der Waals surface area (Å²) < 4.78 is 10.5. The number of aromatic nitrogens is 1. The summed E-state index contributed by atoms with van der Waals surface area (Å²) in [5.41, 5.74) is 2.88. The van der Waals surface area contributed by atoms with Crippen LogP contribution in [0.3, 0.4) is 0 Å². The van der Waals surface area contributed by atoms with Crippen molar-refractivity contribution < 1.29 is 14.2 Å². The molecule has 1 aromatic carbocycles. The number of benzene rings is 1. The van der Waals surface area contributed by atoms with Crippen LogP contribution in [0.4, 0.5) is 11.4 Å². The number of methoxy groups -OCH3 is 1. The fourth-order valence-electron chi connectivity index (χ4n) is 3.36. The molecule has 0 saturated heterocycles. The maximum Gasteiger partial charge on any atom is 0.292 e. The van der Waals surface area contributed by atoms with Crippen LogP contribution < -0.4 is 5.32 Å². The number of hydrogen-bond donors (Lipinski definition) is 1. The molecule has 2 atom stereocenters. The minimum atomic E-state index is -0.354. The van der Waals surface area contributed by atoms with Crippen molar-refractivity contribution in [1.29, 1.82) is 0 Å². The van der Waals surface area contributed by atoms with Crippen molar-refractivity contribution in [2.45, 2.75) is 45.3 Å². The molecule has 1 aliphatic rings. The van der Waals surface area contributed by atoms with Gasteiger partial charge >= 0.3 is 0 Å². The van der Waals surface area contributed by atoms with Gasteiger partial charge in [-0.15, -0.1) is 0 Å². The standard InChI is InChI=1S/C17H21N3O4/c1-10-17(11(2)24-19-10)12-4-7-15(16(8-12)20(21)22)18-13-5-6-14(9-13)23-3/h4,7-8,13-14,18H,5-6,9H2,1-3H3/t13-,14-/m1/s1. The van der Waals surface area contributed by atoms with E-state index in [1.54, 1.807) is 26.2 Å². The van der Waals surface area contributed by atoms with Crippen LogP contribution in [-0.4, -0.2) is 29.3 Å². The molecule has 2 aromatic rings. The molecule has 3 rings (SSSR count). The lowest BCUT2D eigenvalue weighted by molar-refractivity contribution is -0.383. The van der Waals surface area contributed by atoms with Crippen LogP contribution in [0, 0.1) is 24.0 Å². The Labute approximate surface area is 140 Å². The maximum atomic E-state index is 11.5. The first-order chi connectivity index (χ1) is 11.5. The smallest absolute Gasteiger partial charge is 0.292 e. The summed E-state index contributed by atoms with van der Waals surface area (Å²) in [7, 11) is 1.70. The van der Waals surface area contributed by atoms with E-state index in [1.807, 2.05) is 13.0 Å². The van der Waals surface area contributed by atoms with E-state index in [1.165, 1.54) is 0 Å². The average Bonchev–Trinajstić information content (AvgIpc) is 3.14. The van der Waals surface area contributed by atoms with Gasteiger partial charge in [0, 0.05) is 24.8 Å². The molecule has 1 aliphatic carbocycles. The van der Waals surface area contributed by atoms with Gasteiger partial charge in [0.1, 0.15) is 11.4 Å². The second-order valence-corrected chi connectivity index (χ2v) is 6.20. The molecule has 1 heterocycles. The normalized spacial score (nSPS) is 20.3. The van der Waals surface area contributed by atoms with Crippen LogP contribution in [-0.2, 0) is 4.74 Å². The Morgan fingerprint density at radius 3 is 2.75 bits per heavy atom. The Kier molecular flexibility index (Phi) is 4.53. The van der Waals surface area contributed by atoms with E-state index < -0.39 is 0 Å². The van der Waals surface area contributed by atoms with Crippen LogP contribution in [0.15, 0.2) is 22.7 Å². The Balaban J connectivity index is 1.90. The number of nitrogens with one attached hydrogen (secondary N) is 1. The molecule has 0 amide bonds. The second-order valence-electron chi connectivity index (χ2n) is 6.20. The van der Waals surface area contributed by atoms with E-state index >= 15 is 0 Å². The van der Waals surface area contributed by atoms with Gasteiger partial charge in [-0.2, -0.15) is 0 Å². The van der Waals surface area contributed by atoms with Crippen LogP contribution >= 0.6 is 0 Å². The summed E-state index contributed by atoms with van der Waals surface area (Å²) in [6, 6.07) is 5.40. The van der Waals surface area contributed by atoms with Gasteiger partial charge in [0.25, 0.3) is 5.69 Å². The molecule has 7 nitrogen and oxygen atoms in total. The average molecular weight is 331 g/mol. The molecular formula is C17H21N3O4. The molecule has 0 radical (unpaired) electrons. The summed E-state index contributed by atoms with van der Waals surface area (Å²) in [6.07, 6.45) is 3.00. The van der Waals surface area contributed by atoms with Crippen molar-refractivity contribution in [3.8, 4) is 11.1 Å². The zero-order valence-corrected chi connectivity index (χ0v) is 14.0.